The van der Waals surface area contributed by atoms with E-state index in [1.807, 2.05) is 31.2 Å². The molecule has 0 aliphatic heterocycles. The Balaban J connectivity index is 2.00. The number of hydrogen-bond acceptors (Lipinski definition) is 2. The normalized spacial score (nSPS) is 10.7. The van der Waals surface area contributed by atoms with Gasteiger partial charge in [0.15, 0.2) is 0 Å². The Morgan fingerprint density at radius 2 is 1.88 bits per heavy atom. The number of nitrogens with zero attached hydrogens (tertiary/aromatic N) is 1. The molecule has 0 saturated heterocycles. The summed E-state index contributed by atoms with van der Waals surface area (Å²) in [5.41, 5.74) is 5.88. The van der Waals surface area contributed by atoms with Crippen molar-refractivity contribution < 1.29 is 4.39 Å². The van der Waals surface area contributed by atoms with Gasteiger partial charge in [0.2, 0.25) is 0 Å². The summed E-state index contributed by atoms with van der Waals surface area (Å²) in [6, 6.07) is 14.1. The fraction of sp³-hybridized carbons (Fsp3) is 0.0714. The van der Waals surface area contributed by atoms with Crippen LogP contribution >= 0.6 is 0 Å². The largest absolute Gasteiger partial charge is 0.278 e. The molecule has 0 saturated carbocycles. The third-order valence-corrected chi connectivity index (χ3v) is 2.30. The second kappa shape index (κ2) is 5.25. The first kappa shape index (κ1) is 11.3. The van der Waals surface area contributed by atoms with Crippen molar-refractivity contribution >= 4 is 11.9 Å². The zero-order valence-electron chi connectivity index (χ0n) is 9.52. The average Bonchev–Trinajstić information content (AvgIpc) is 2.32. The Hall–Kier alpha value is -2.16. The number of aryl methyl sites for hydroxylation is 1. The van der Waals surface area contributed by atoms with E-state index in [-0.39, 0.29) is 5.82 Å². The summed E-state index contributed by atoms with van der Waals surface area (Å²) in [4.78, 5) is 0. The minimum absolute atomic E-state index is 0.242. The van der Waals surface area contributed by atoms with Gasteiger partial charge >= 0.3 is 0 Å². The Kier molecular flexibility index (Phi) is 3.50. The van der Waals surface area contributed by atoms with Crippen LogP contribution in [0.25, 0.3) is 0 Å². The quantitative estimate of drug-likeness (QED) is 0.630. The molecule has 17 heavy (non-hydrogen) atoms. The van der Waals surface area contributed by atoms with Crippen LogP contribution in [0.5, 0.6) is 0 Å². The molecule has 0 spiro atoms. The van der Waals surface area contributed by atoms with Crippen LogP contribution in [0.4, 0.5) is 10.1 Å². The fourth-order valence-electron chi connectivity index (χ4n) is 1.44. The zero-order valence-corrected chi connectivity index (χ0v) is 9.52. The minimum atomic E-state index is -0.242. The van der Waals surface area contributed by atoms with E-state index in [0.717, 1.165) is 11.3 Å². The molecule has 2 aromatic carbocycles. The van der Waals surface area contributed by atoms with Crippen molar-refractivity contribution in [2.24, 2.45) is 5.10 Å². The van der Waals surface area contributed by atoms with Crippen LogP contribution in [-0.4, -0.2) is 6.21 Å². The van der Waals surface area contributed by atoms with Crippen molar-refractivity contribution in [3.63, 3.8) is 0 Å². The van der Waals surface area contributed by atoms with Gasteiger partial charge in [-0.05, 0) is 42.3 Å². The van der Waals surface area contributed by atoms with Crippen molar-refractivity contribution in [2.75, 3.05) is 5.43 Å². The molecule has 1 N–H and O–H groups in total. The molecule has 0 aliphatic carbocycles. The second-order valence-electron chi connectivity index (χ2n) is 3.79. The van der Waals surface area contributed by atoms with Crippen LogP contribution in [0, 0.1) is 12.7 Å². The van der Waals surface area contributed by atoms with Gasteiger partial charge in [0, 0.05) is 0 Å². The van der Waals surface area contributed by atoms with Gasteiger partial charge in [-0.1, -0.05) is 24.3 Å². The average molecular weight is 228 g/mol. The lowest BCUT2D eigenvalue weighted by molar-refractivity contribution is 0.628. The first-order chi connectivity index (χ1) is 8.24. The first-order valence-electron chi connectivity index (χ1n) is 5.35. The van der Waals surface area contributed by atoms with Gasteiger partial charge in [0.1, 0.15) is 5.82 Å². The minimum Gasteiger partial charge on any atom is -0.278 e. The summed E-state index contributed by atoms with van der Waals surface area (Å²) < 4.78 is 12.7. The van der Waals surface area contributed by atoms with E-state index in [9.17, 15) is 4.39 Å². The van der Waals surface area contributed by atoms with Crippen LogP contribution in [0.2, 0.25) is 0 Å². The molecule has 0 heterocycles. The molecule has 2 nitrogen and oxygen atoms in total. The molecule has 86 valence electrons. The van der Waals surface area contributed by atoms with Gasteiger partial charge in [0.25, 0.3) is 0 Å². The molecular weight excluding hydrogens is 215 g/mol. The molecule has 3 heteroatoms. The lowest BCUT2D eigenvalue weighted by Gasteiger charge is -2.00. The predicted molar refractivity (Wildman–Crippen MR) is 68.8 cm³/mol. The first-order valence-corrected chi connectivity index (χ1v) is 5.35. The Morgan fingerprint density at radius 1 is 1.12 bits per heavy atom. The number of halogens is 1. The molecule has 0 fully saturated rings. The molecule has 0 aromatic heterocycles. The lowest BCUT2D eigenvalue weighted by atomic mass is 10.2. The van der Waals surface area contributed by atoms with E-state index in [2.05, 4.69) is 10.5 Å². The Bertz CT molecular complexity index is 518. The van der Waals surface area contributed by atoms with Gasteiger partial charge in [-0.3, -0.25) is 5.43 Å². The monoisotopic (exact) mass is 228 g/mol. The maximum absolute atomic E-state index is 12.7. The third-order valence-electron chi connectivity index (χ3n) is 2.30. The van der Waals surface area contributed by atoms with E-state index < -0.39 is 0 Å². The molecule has 0 atom stereocenters. The molecule has 0 radical (unpaired) electrons. The topological polar surface area (TPSA) is 24.4 Å². The van der Waals surface area contributed by atoms with E-state index in [4.69, 9.17) is 0 Å². The number of anilines is 1. The second-order valence-corrected chi connectivity index (χ2v) is 3.79. The summed E-state index contributed by atoms with van der Waals surface area (Å²) in [6.45, 7) is 2.02. The number of hydrogen-bond donors (Lipinski definition) is 1. The number of nitrogens with one attached hydrogen (secondary N) is 1. The number of hydrazone groups is 1. The molecule has 0 aliphatic rings. The summed E-state index contributed by atoms with van der Waals surface area (Å²) in [5, 5.41) is 4.09. The SMILES string of the molecule is Cc1cccc(N/N=C\c2ccc(F)cc2)c1. The fourth-order valence-corrected chi connectivity index (χ4v) is 1.44. The lowest BCUT2D eigenvalue weighted by Crippen LogP contribution is -1.90. The van der Waals surface area contributed by atoms with Crippen molar-refractivity contribution in [1.82, 2.24) is 0 Å². The van der Waals surface area contributed by atoms with Gasteiger partial charge in [-0.25, -0.2) is 4.39 Å². The van der Waals surface area contributed by atoms with Crippen molar-refractivity contribution in [1.29, 1.82) is 0 Å². The van der Waals surface area contributed by atoms with Crippen molar-refractivity contribution in [2.45, 2.75) is 6.92 Å². The number of benzene rings is 2. The molecule has 0 bridgehead atoms. The highest BCUT2D eigenvalue weighted by atomic mass is 19.1. The highest BCUT2D eigenvalue weighted by Gasteiger charge is 1.91. The Labute approximate surface area is 99.8 Å². The van der Waals surface area contributed by atoms with Gasteiger partial charge in [-0.2, -0.15) is 5.10 Å². The molecule has 0 amide bonds. The van der Waals surface area contributed by atoms with E-state index in [0.29, 0.717) is 0 Å². The smallest absolute Gasteiger partial charge is 0.123 e. The van der Waals surface area contributed by atoms with Crippen LogP contribution in [0.15, 0.2) is 53.6 Å². The maximum atomic E-state index is 12.7. The number of rotatable bonds is 3. The van der Waals surface area contributed by atoms with Crippen LogP contribution in [-0.2, 0) is 0 Å². The third kappa shape index (κ3) is 3.41. The van der Waals surface area contributed by atoms with Crippen LogP contribution < -0.4 is 5.43 Å². The van der Waals surface area contributed by atoms with E-state index >= 15 is 0 Å². The molecule has 2 aromatic rings. The van der Waals surface area contributed by atoms with Crippen LogP contribution in [0.1, 0.15) is 11.1 Å². The summed E-state index contributed by atoms with van der Waals surface area (Å²) >= 11 is 0. The predicted octanol–water partition coefficient (Wildman–Crippen LogP) is 3.58. The molecule has 2 rings (SSSR count). The Morgan fingerprint density at radius 3 is 2.59 bits per heavy atom. The zero-order chi connectivity index (χ0) is 12.1. The van der Waals surface area contributed by atoms with Crippen molar-refractivity contribution in [3.05, 3.63) is 65.5 Å². The van der Waals surface area contributed by atoms with Crippen LogP contribution in [0.3, 0.4) is 0 Å². The van der Waals surface area contributed by atoms with Crippen molar-refractivity contribution in [3.8, 4) is 0 Å². The molecule has 0 unspecified atom stereocenters. The molecular formula is C14H13FN2. The summed E-state index contributed by atoms with van der Waals surface area (Å²) in [6.07, 6.45) is 1.65. The van der Waals surface area contributed by atoms with Gasteiger partial charge < -0.3 is 0 Å². The highest BCUT2D eigenvalue weighted by molar-refractivity contribution is 5.80. The summed E-state index contributed by atoms with van der Waals surface area (Å²) in [7, 11) is 0. The van der Waals surface area contributed by atoms with E-state index in [1.54, 1.807) is 18.3 Å². The maximum Gasteiger partial charge on any atom is 0.123 e. The standard InChI is InChI=1S/C14H13FN2/c1-11-3-2-4-14(9-11)17-16-10-12-5-7-13(15)8-6-12/h2-10,17H,1H3/b16-10-. The van der Waals surface area contributed by atoms with E-state index in [1.165, 1.54) is 17.7 Å². The van der Waals surface area contributed by atoms with Gasteiger partial charge in [-0.15, -0.1) is 0 Å². The highest BCUT2D eigenvalue weighted by Crippen LogP contribution is 2.09. The summed E-state index contributed by atoms with van der Waals surface area (Å²) in [5.74, 6) is -0.242. The van der Waals surface area contributed by atoms with Gasteiger partial charge in [0.05, 0.1) is 11.9 Å².